The van der Waals surface area contributed by atoms with E-state index in [1.807, 2.05) is 0 Å². The molecule has 6 rings (SSSR count). The fourth-order valence-electron chi connectivity index (χ4n) is 4.88. The second-order valence-electron chi connectivity index (χ2n) is 8.55. The summed E-state index contributed by atoms with van der Waals surface area (Å²) in [6.07, 6.45) is 6.90. The number of piperidine rings is 1. The highest BCUT2D eigenvalue weighted by Gasteiger charge is 2.36. The molecule has 2 aromatic rings. The summed E-state index contributed by atoms with van der Waals surface area (Å²) in [6.45, 7) is 5.41. The van der Waals surface area contributed by atoms with Crippen molar-refractivity contribution in [2.75, 3.05) is 26.2 Å². The lowest BCUT2D eigenvalue weighted by molar-refractivity contribution is 0.0888. The molecule has 27 heavy (non-hydrogen) atoms. The lowest BCUT2D eigenvalue weighted by atomic mass is 9.83. The van der Waals surface area contributed by atoms with Gasteiger partial charge >= 0.3 is 0 Å². The zero-order chi connectivity index (χ0) is 18.2. The predicted octanol–water partition coefficient (Wildman–Crippen LogP) is 3.57. The highest BCUT2D eigenvalue weighted by molar-refractivity contribution is 5.52. The van der Waals surface area contributed by atoms with Gasteiger partial charge in [-0.3, -0.25) is 9.80 Å². The van der Waals surface area contributed by atoms with Crippen molar-refractivity contribution in [1.29, 1.82) is 0 Å². The molecule has 0 amide bonds. The molecule has 4 aliphatic rings. The van der Waals surface area contributed by atoms with Crippen molar-refractivity contribution in [3.63, 3.8) is 0 Å². The van der Waals surface area contributed by atoms with E-state index in [4.69, 9.17) is 4.42 Å². The molecule has 0 N–H and O–H groups in total. The highest BCUT2D eigenvalue weighted by Crippen LogP contribution is 2.33. The van der Waals surface area contributed by atoms with Crippen LogP contribution in [0.4, 0.5) is 4.39 Å². The molecular weight excluding hydrogens is 343 g/mol. The number of aromatic nitrogens is 2. The first-order valence-electron chi connectivity index (χ1n) is 10.3. The fourth-order valence-corrected chi connectivity index (χ4v) is 4.88. The van der Waals surface area contributed by atoms with Gasteiger partial charge in [0.15, 0.2) is 0 Å². The molecule has 0 spiro atoms. The zero-order valence-electron chi connectivity index (χ0n) is 15.7. The van der Waals surface area contributed by atoms with Gasteiger partial charge in [0.05, 0.1) is 6.54 Å². The van der Waals surface area contributed by atoms with Crippen LogP contribution in [0.15, 0.2) is 28.7 Å². The maximum atomic E-state index is 13.4. The highest BCUT2D eigenvalue weighted by atomic mass is 19.1. The van der Waals surface area contributed by atoms with Crippen LogP contribution in [0.25, 0.3) is 11.5 Å². The first-order valence-corrected chi connectivity index (χ1v) is 10.3. The van der Waals surface area contributed by atoms with E-state index in [0.29, 0.717) is 29.9 Å². The van der Waals surface area contributed by atoms with E-state index in [1.165, 1.54) is 57.3 Å². The average Bonchev–Trinajstić information content (AvgIpc) is 2.91. The molecule has 2 bridgehead atoms. The van der Waals surface area contributed by atoms with Crippen LogP contribution in [0.5, 0.6) is 0 Å². The normalized spacial score (nSPS) is 26.9. The van der Waals surface area contributed by atoms with Crippen molar-refractivity contribution in [2.24, 2.45) is 11.8 Å². The van der Waals surface area contributed by atoms with Crippen molar-refractivity contribution in [3.8, 4) is 11.5 Å². The Labute approximate surface area is 159 Å². The molecule has 1 aromatic heterocycles. The second-order valence-corrected chi connectivity index (χ2v) is 8.55. The Morgan fingerprint density at radius 1 is 1.07 bits per heavy atom. The molecular formula is C21H27FN4O. The summed E-state index contributed by atoms with van der Waals surface area (Å²) in [5, 5.41) is 8.34. The van der Waals surface area contributed by atoms with Crippen molar-refractivity contribution in [1.82, 2.24) is 20.0 Å². The summed E-state index contributed by atoms with van der Waals surface area (Å²) in [4.78, 5) is 5.23. The topological polar surface area (TPSA) is 45.4 Å². The van der Waals surface area contributed by atoms with Gasteiger partial charge in [-0.1, -0.05) is 12.5 Å². The molecule has 4 heterocycles. The Morgan fingerprint density at radius 3 is 2.81 bits per heavy atom. The van der Waals surface area contributed by atoms with Crippen LogP contribution in [-0.4, -0.2) is 52.2 Å². The van der Waals surface area contributed by atoms with Crippen LogP contribution in [-0.2, 0) is 6.54 Å². The molecule has 4 fully saturated rings. The third kappa shape index (κ3) is 3.78. The lowest BCUT2D eigenvalue weighted by Crippen LogP contribution is -2.46. The minimum atomic E-state index is -0.289. The molecule has 3 aliphatic heterocycles. The Kier molecular flexibility index (Phi) is 4.70. The summed E-state index contributed by atoms with van der Waals surface area (Å²) in [5.41, 5.74) is 0.636. The number of hydrogen-bond acceptors (Lipinski definition) is 5. The molecule has 0 unspecified atom stereocenters. The van der Waals surface area contributed by atoms with Gasteiger partial charge < -0.3 is 4.42 Å². The van der Waals surface area contributed by atoms with Gasteiger partial charge in [0.1, 0.15) is 5.82 Å². The molecule has 1 aliphatic carbocycles. The molecule has 1 aromatic carbocycles. The minimum absolute atomic E-state index is 0.289. The number of hydrogen-bond donors (Lipinski definition) is 0. The van der Waals surface area contributed by atoms with Gasteiger partial charge in [-0.25, -0.2) is 4.39 Å². The van der Waals surface area contributed by atoms with Crippen LogP contribution in [0.2, 0.25) is 0 Å². The molecule has 2 atom stereocenters. The molecule has 144 valence electrons. The number of rotatable bonds is 5. The summed E-state index contributed by atoms with van der Waals surface area (Å²) < 4.78 is 19.3. The molecule has 5 nitrogen and oxygen atoms in total. The van der Waals surface area contributed by atoms with Gasteiger partial charge in [-0.15, -0.1) is 10.2 Å². The number of fused-ring (bicyclic) bond motifs is 4. The Bertz CT molecular complexity index is 790. The largest absolute Gasteiger partial charge is 0.419 e. The number of benzene rings is 1. The van der Waals surface area contributed by atoms with Crippen molar-refractivity contribution in [3.05, 3.63) is 36.0 Å². The quantitative estimate of drug-likeness (QED) is 0.805. The molecule has 0 radical (unpaired) electrons. The third-order valence-electron chi connectivity index (χ3n) is 6.52. The van der Waals surface area contributed by atoms with Crippen LogP contribution in [0.1, 0.15) is 38.0 Å². The van der Waals surface area contributed by atoms with Gasteiger partial charge in [-0.2, -0.15) is 0 Å². The third-order valence-corrected chi connectivity index (χ3v) is 6.52. The van der Waals surface area contributed by atoms with Crippen molar-refractivity contribution >= 4 is 0 Å². The van der Waals surface area contributed by atoms with Gasteiger partial charge in [0, 0.05) is 37.8 Å². The van der Waals surface area contributed by atoms with E-state index in [-0.39, 0.29) is 5.82 Å². The maximum absolute atomic E-state index is 13.4. The van der Waals surface area contributed by atoms with E-state index in [9.17, 15) is 4.39 Å². The minimum Gasteiger partial charge on any atom is -0.419 e. The Morgan fingerprint density at radius 2 is 2.00 bits per heavy atom. The van der Waals surface area contributed by atoms with E-state index in [1.54, 1.807) is 12.1 Å². The Balaban J connectivity index is 1.25. The Hall–Kier alpha value is -1.79. The fraction of sp³-hybridized carbons (Fsp3) is 0.619. The standard InChI is InChI=1S/C21H27FN4O/c22-18-6-2-5-17(9-18)21-24-23-20(27-21)14-25-10-16-7-8-19(13-25)26(12-16)11-15-3-1-4-15/h2,5-6,9,15-16,19H,1,3-4,7-8,10-14H2/t16-,19+/m0/s1. The second kappa shape index (κ2) is 7.32. The smallest absolute Gasteiger partial charge is 0.247 e. The summed E-state index contributed by atoms with van der Waals surface area (Å²) in [6, 6.07) is 6.98. The van der Waals surface area contributed by atoms with E-state index in [2.05, 4.69) is 20.0 Å². The first-order chi connectivity index (χ1) is 13.2. The zero-order valence-corrected chi connectivity index (χ0v) is 15.7. The SMILES string of the molecule is Fc1cccc(-c2nnc(CN3C[C@@H]4CC[C@H](C3)N(CC3CCC3)C4)o2)c1. The van der Waals surface area contributed by atoms with Crippen LogP contribution < -0.4 is 0 Å². The summed E-state index contributed by atoms with van der Waals surface area (Å²) in [7, 11) is 0. The van der Waals surface area contributed by atoms with Gasteiger partial charge in [0.2, 0.25) is 11.8 Å². The first kappa shape index (κ1) is 17.3. The summed E-state index contributed by atoms with van der Waals surface area (Å²) >= 11 is 0. The van der Waals surface area contributed by atoms with E-state index in [0.717, 1.165) is 24.9 Å². The average molecular weight is 370 g/mol. The van der Waals surface area contributed by atoms with E-state index >= 15 is 0 Å². The van der Waals surface area contributed by atoms with Crippen LogP contribution in [0, 0.1) is 17.7 Å². The van der Waals surface area contributed by atoms with Crippen LogP contribution in [0.3, 0.4) is 0 Å². The van der Waals surface area contributed by atoms with Gasteiger partial charge in [0.25, 0.3) is 0 Å². The van der Waals surface area contributed by atoms with Crippen LogP contribution >= 0.6 is 0 Å². The number of halogens is 1. The monoisotopic (exact) mass is 370 g/mol. The van der Waals surface area contributed by atoms with E-state index < -0.39 is 0 Å². The lowest BCUT2D eigenvalue weighted by Gasteiger charge is -2.40. The van der Waals surface area contributed by atoms with Crippen molar-refractivity contribution in [2.45, 2.75) is 44.7 Å². The number of nitrogens with zero attached hydrogens (tertiary/aromatic N) is 4. The molecule has 3 saturated heterocycles. The summed E-state index contributed by atoms with van der Waals surface area (Å²) in [5.74, 6) is 2.41. The van der Waals surface area contributed by atoms with Gasteiger partial charge in [-0.05, 0) is 55.7 Å². The molecule has 6 heteroatoms. The van der Waals surface area contributed by atoms with Crippen molar-refractivity contribution < 1.29 is 8.81 Å². The maximum Gasteiger partial charge on any atom is 0.247 e. The predicted molar refractivity (Wildman–Crippen MR) is 100 cm³/mol. The molecule has 1 saturated carbocycles.